The van der Waals surface area contributed by atoms with Gasteiger partial charge in [0.05, 0.1) is 13.2 Å². The fourth-order valence-electron chi connectivity index (χ4n) is 5.79. The van der Waals surface area contributed by atoms with E-state index in [0.29, 0.717) is 5.92 Å². The van der Waals surface area contributed by atoms with E-state index in [1.165, 1.54) is 77.0 Å². The minimum absolute atomic E-state index is 0.591. The number of rotatable bonds is 11. The molecule has 0 aromatic rings. The second-order valence-corrected chi connectivity index (χ2v) is 9.90. The first kappa shape index (κ1) is 22.2. The number of hydrogen-bond acceptors (Lipinski definition) is 2. The Kier molecular flexibility index (Phi) is 10.6. The van der Waals surface area contributed by atoms with Crippen molar-refractivity contribution in [2.24, 2.45) is 35.5 Å². The van der Waals surface area contributed by atoms with Gasteiger partial charge in [0, 0.05) is 20.1 Å². The molecule has 0 unspecified atom stereocenters. The summed E-state index contributed by atoms with van der Waals surface area (Å²) >= 11 is 0. The molecular weight excluding hydrogens is 320 g/mol. The van der Waals surface area contributed by atoms with Crippen LogP contribution in [0.25, 0.3) is 0 Å². The predicted octanol–water partition coefficient (Wildman–Crippen LogP) is 6.72. The van der Waals surface area contributed by atoms with Gasteiger partial charge in [-0.1, -0.05) is 58.8 Å². The van der Waals surface area contributed by atoms with Gasteiger partial charge in [-0.25, -0.2) is 0 Å². The standard InChI is InChI=1S/C24H46O2/c1-19(2)6-5-7-20-8-12-23(13-9-20)24-14-10-21(11-15-24)16-22(17-25-3)18-26-4/h19-24H,5-18H2,1-4H3. The molecule has 2 saturated carbocycles. The van der Waals surface area contributed by atoms with E-state index in [4.69, 9.17) is 9.47 Å². The van der Waals surface area contributed by atoms with Gasteiger partial charge >= 0.3 is 0 Å². The quantitative estimate of drug-likeness (QED) is 0.404. The molecule has 0 N–H and O–H groups in total. The van der Waals surface area contributed by atoms with Gasteiger partial charge in [0.2, 0.25) is 0 Å². The fraction of sp³-hybridized carbons (Fsp3) is 1.00. The molecule has 2 aliphatic carbocycles. The Balaban J connectivity index is 1.62. The molecule has 0 radical (unpaired) electrons. The number of hydrogen-bond donors (Lipinski definition) is 0. The van der Waals surface area contributed by atoms with E-state index >= 15 is 0 Å². The van der Waals surface area contributed by atoms with Crippen LogP contribution in [0.1, 0.15) is 90.9 Å². The van der Waals surface area contributed by atoms with Crippen LogP contribution < -0.4 is 0 Å². The summed E-state index contributed by atoms with van der Waals surface area (Å²) < 4.78 is 10.8. The highest BCUT2D eigenvalue weighted by Gasteiger charge is 2.31. The molecule has 2 aliphatic rings. The zero-order chi connectivity index (χ0) is 18.8. The Bertz CT molecular complexity index is 332. The molecule has 0 atom stereocenters. The number of methoxy groups -OCH3 is 2. The molecule has 0 bridgehead atoms. The lowest BCUT2D eigenvalue weighted by Crippen LogP contribution is -2.27. The normalized spacial score (nSPS) is 30.2. The Hall–Kier alpha value is -0.0800. The van der Waals surface area contributed by atoms with Crippen molar-refractivity contribution in [3.8, 4) is 0 Å². The zero-order valence-corrected chi connectivity index (χ0v) is 18.2. The first-order chi connectivity index (χ1) is 12.6. The molecule has 0 spiro atoms. The van der Waals surface area contributed by atoms with Crippen molar-refractivity contribution < 1.29 is 9.47 Å². The van der Waals surface area contributed by atoms with Crippen molar-refractivity contribution in [3.63, 3.8) is 0 Å². The lowest BCUT2D eigenvalue weighted by molar-refractivity contribution is 0.0611. The summed E-state index contributed by atoms with van der Waals surface area (Å²) in [5, 5.41) is 0. The molecule has 26 heavy (non-hydrogen) atoms. The Morgan fingerprint density at radius 3 is 1.69 bits per heavy atom. The summed E-state index contributed by atoms with van der Waals surface area (Å²) in [6, 6.07) is 0. The lowest BCUT2D eigenvalue weighted by Gasteiger charge is -2.38. The third kappa shape index (κ3) is 7.89. The minimum atomic E-state index is 0.591. The van der Waals surface area contributed by atoms with Crippen LogP contribution in [0.2, 0.25) is 0 Å². The van der Waals surface area contributed by atoms with Crippen LogP contribution in [0.5, 0.6) is 0 Å². The van der Waals surface area contributed by atoms with E-state index in [-0.39, 0.29) is 0 Å². The summed E-state index contributed by atoms with van der Waals surface area (Å²) in [5.74, 6) is 5.51. The van der Waals surface area contributed by atoms with E-state index in [1.54, 1.807) is 0 Å². The average molecular weight is 367 g/mol. The first-order valence-corrected chi connectivity index (χ1v) is 11.6. The molecular formula is C24H46O2. The van der Waals surface area contributed by atoms with Crippen LogP contribution in [0.4, 0.5) is 0 Å². The van der Waals surface area contributed by atoms with Crippen LogP contribution >= 0.6 is 0 Å². The fourth-order valence-corrected chi connectivity index (χ4v) is 5.79. The molecule has 0 aromatic carbocycles. The summed E-state index contributed by atoms with van der Waals surface area (Å²) in [7, 11) is 3.64. The van der Waals surface area contributed by atoms with Gasteiger partial charge in [0.1, 0.15) is 0 Å². The SMILES string of the molecule is COCC(COC)CC1CCC(C2CCC(CCCC(C)C)CC2)CC1. The van der Waals surface area contributed by atoms with Crippen LogP contribution in [-0.2, 0) is 9.47 Å². The van der Waals surface area contributed by atoms with Crippen LogP contribution in [-0.4, -0.2) is 27.4 Å². The summed E-state index contributed by atoms with van der Waals surface area (Å²) in [6.45, 7) is 6.43. The summed E-state index contributed by atoms with van der Waals surface area (Å²) in [6.07, 6.45) is 17.6. The van der Waals surface area contributed by atoms with Crippen molar-refractivity contribution in [2.45, 2.75) is 90.9 Å². The Morgan fingerprint density at radius 2 is 1.23 bits per heavy atom. The van der Waals surface area contributed by atoms with Crippen LogP contribution in [0.15, 0.2) is 0 Å². The molecule has 2 heteroatoms. The van der Waals surface area contributed by atoms with Gasteiger partial charge < -0.3 is 9.47 Å². The molecule has 0 amide bonds. The molecule has 2 nitrogen and oxygen atoms in total. The van der Waals surface area contributed by atoms with E-state index in [0.717, 1.165) is 42.8 Å². The molecule has 0 saturated heterocycles. The third-order valence-electron chi connectivity index (χ3n) is 7.31. The molecule has 154 valence electrons. The van der Waals surface area contributed by atoms with Gasteiger partial charge in [0.15, 0.2) is 0 Å². The van der Waals surface area contributed by atoms with Crippen molar-refractivity contribution >= 4 is 0 Å². The highest BCUT2D eigenvalue weighted by molar-refractivity contribution is 4.83. The number of ether oxygens (including phenoxy) is 2. The van der Waals surface area contributed by atoms with Gasteiger partial charge in [-0.3, -0.25) is 0 Å². The smallest absolute Gasteiger partial charge is 0.0512 e. The molecule has 2 rings (SSSR count). The Labute approximate surface area is 163 Å². The Morgan fingerprint density at radius 1 is 0.731 bits per heavy atom. The maximum atomic E-state index is 5.39. The van der Waals surface area contributed by atoms with Gasteiger partial charge in [-0.05, 0) is 61.7 Å². The maximum absolute atomic E-state index is 5.39. The molecule has 0 aliphatic heterocycles. The largest absolute Gasteiger partial charge is 0.384 e. The minimum Gasteiger partial charge on any atom is -0.384 e. The van der Waals surface area contributed by atoms with Crippen molar-refractivity contribution in [2.75, 3.05) is 27.4 Å². The highest BCUT2D eigenvalue weighted by atomic mass is 16.5. The van der Waals surface area contributed by atoms with Gasteiger partial charge in [-0.2, -0.15) is 0 Å². The van der Waals surface area contributed by atoms with Crippen LogP contribution in [0, 0.1) is 35.5 Å². The monoisotopic (exact) mass is 366 g/mol. The molecule has 0 aromatic heterocycles. The second-order valence-electron chi connectivity index (χ2n) is 9.90. The third-order valence-corrected chi connectivity index (χ3v) is 7.31. The maximum Gasteiger partial charge on any atom is 0.0512 e. The molecule has 2 fully saturated rings. The summed E-state index contributed by atoms with van der Waals surface area (Å²) in [5.41, 5.74) is 0. The van der Waals surface area contributed by atoms with Gasteiger partial charge in [-0.15, -0.1) is 0 Å². The lowest BCUT2D eigenvalue weighted by atomic mass is 9.68. The average Bonchev–Trinajstić information content (AvgIpc) is 2.63. The molecule has 0 heterocycles. The van der Waals surface area contributed by atoms with Crippen molar-refractivity contribution in [1.29, 1.82) is 0 Å². The highest BCUT2D eigenvalue weighted by Crippen LogP contribution is 2.43. The predicted molar refractivity (Wildman–Crippen MR) is 111 cm³/mol. The van der Waals surface area contributed by atoms with E-state index in [1.807, 2.05) is 14.2 Å². The van der Waals surface area contributed by atoms with E-state index < -0.39 is 0 Å². The summed E-state index contributed by atoms with van der Waals surface area (Å²) in [4.78, 5) is 0. The zero-order valence-electron chi connectivity index (χ0n) is 18.2. The van der Waals surface area contributed by atoms with Crippen molar-refractivity contribution in [1.82, 2.24) is 0 Å². The topological polar surface area (TPSA) is 18.5 Å². The second kappa shape index (κ2) is 12.4. The van der Waals surface area contributed by atoms with E-state index in [9.17, 15) is 0 Å². The van der Waals surface area contributed by atoms with Crippen LogP contribution in [0.3, 0.4) is 0 Å². The van der Waals surface area contributed by atoms with Crippen molar-refractivity contribution in [3.05, 3.63) is 0 Å². The van der Waals surface area contributed by atoms with Gasteiger partial charge in [0.25, 0.3) is 0 Å². The van der Waals surface area contributed by atoms with E-state index in [2.05, 4.69) is 13.8 Å². The first-order valence-electron chi connectivity index (χ1n) is 11.6.